The zero-order chi connectivity index (χ0) is 13.4. The molecule has 0 amide bonds. The van der Waals surface area contributed by atoms with E-state index in [-0.39, 0.29) is 0 Å². The van der Waals surface area contributed by atoms with Gasteiger partial charge in [0.1, 0.15) is 5.82 Å². The summed E-state index contributed by atoms with van der Waals surface area (Å²) in [6, 6.07) is 0. The molecular weight excluding hydrogens is 226 g/mol. The van der Waals surface area contributed by atoms with Crippen molar-refractivity contribution in [2.24, 2.45) is 0 Å². The van der Waals surface area contributed by atoms with Crippen LogP contribution in [0.3, 0.4) is 0 Å². The summed E-state index contributed by atoms with van der Waals surface area (Å²) in [5.41, 5.74) is 2.35. The molecule has 1 aromatic heterocycles. The molecule has 0 aromatic carbocycles. The number of aromatic nitrogens is 2. The molecule has 102 valence electrons. The number of hydrogen-bond acceptors (Lipinski definition) is 4. The lowest BCUT2D eigenvalue weighted by atomic mass is 10.0. The van der Waals surface area contributed by atoms with E-state index in [1.807, 2.05) is 13.1 Å². The Bertz CT molecular complexity index is 353. The van der Waals surface area contributed by atoms with E-state index in [0.29, 0.717) is 12.5 Å². The number of ether oxygens (including phenoxy) is 1. The van der Waals surface area contributed by atoms with Gasteiger partial charge in [-0.15, -0.1) is 0 Å². The molecule has 0 saturated carbocycles. The summed E-state index contributed by atoms with van der Waals surface area (Å²) >= 11 is 0. The highest BCUT2D eigenvalue weighted by Crippen LogP contribution is 2.16. The van der Waals surface area contributed by atoms with Crippen LogP contribution in [-0.2, 0) is 17.7 Å². The van der Waals surface area contributed by atoms with E-state index in [1.165, 1.54) is 5.56 Å². The molecule has 0 unspecified atom stereocenters. The van der Waals surface area contributed by atoms with Crippen molar-refractivity contribution in [3.05, 3.63) is 23.3 Å². The molecule has 0 radical (unpaired) electrons. The van der Waals surface area contributed by atoms with Crippen molar-refractivity contribution in [1.82, 2.24) is 15.3 Å². The zero-order valence-electron chi connectivity index (χ0n) is 12.0. The van der Waals surface area contributed by atoms with Crippen LogP contribution in [0.2, 0.25) is 0 Å². The minimum absolute atomic E-state index is 0.424. The lowest BCUT2D eigenvalue weighted by Crippen LogP contribution is -2.16. The average molecular weight is 251 g/mol. The Morgan fingerprint density at radius 2 is 2.11 bits per heavy atom. The van der Waals surface area contributed by atoms with E-state index in [1.54, 1.807) is 0 Å². The van der Waals surface area contributed by atoms with Crippen LogP contribution in [0, 0.1) is 0 Å². The van der Waals surface area contributed by atoms with Crippen LogP contribution in [0.5, 0.6) is 0 Å². The molecule has 0 fully saturated rings. The SMILES string of the molecule is CCNCc1cnc(CCOCC)nc1C(C)C. The minimum atomic E-state index is 0.424. The Kier molecular flexibility index (Phi) is 6.83. The van der Waals surface area contributed by atoms with Crippen LogP contribution in [-0.4, -0.2) is 29.7 Å². The molecule has 1 rings (SSSR count). The van der Waals surface area contributed by atoms with E-state index in [4.69, 9.17) is 4.74 Å². The summed E-state index contributed by atoms with van der Waals surface area (Å²) in [5, 5.41) is 3.33. The van der Waals surface area contributed by atoms with Crippen LogP contribution in [0.4, 0.5) is 0 Å². The van der Waals surface area contributed by atoms with Crippen molar-refractivity contribution in [3.8, 4) is 0 Å². The van der Waals surface area contributed by atoms with Crippen LogP contribution in [0.1, 0.15) is 50.7 Å². The molecule has 0 saturated heterocycles. The Labute approximate surface area is 110 Å². The molecule has 18 heavy (non-hydrogen) atoms. The molecule has 4 nitrogen and oxygen atoms in total. The van der Waals surface area contributed by atoms with Crippen molar-refractivity contribution in [2.45, 2.75) is 46.6 Å². The first-order chi connectivity index (χ1) is 8.69. The van der Waals surface area contributed by atoms with Crippen molar-refractivity contribution in [3.63, 3.8) is 0 Å². The quantitative estimate of drug-likeness (QED) is 0.720. The van der Waals surface area contributed by atoms with Gasteiger partial charge in [0.15, 0.2) is 0 Å². The highest BCUT2D eigenvalue weighted by atomic mass is 16.5. The van der Waals surface area contributed by atoms with E-state index < -0.39 is 0 Å². The maximum absolute atomic E-state index is 5.34. The molecule has 0 bridgehead atoms. The fraction of sp³-hybridized carbons (Fsp3) is 0.714. The lowest BCUT2D eigenvalue weighted by Gasteiger charge is -2.13. The number of nitrogens with zero attached hydrogens (tertiary/aromatic N) is 2. The van der Waals surface area contributed by atoms with E-state index in [9.17, 15) is 0 Å². The predicted octanol–water partition coefficient (Wildman–Crippen LogP) is 2.29. The van der Waals surface area contributed by atoms with Gasteiger partial charge >= 0.3 is 0 Å². The molecular formula is C14H25N3O. The molecule has 0 aliphatic carbocycles. The lowest BCUT2D eigenvalue weighted by molar-refractivity contribution is 0.149. The summed E-state index contributed by atoms with van der Waals surface area (Å²) in [7, 11) is 0. The Morgan fingerprint density at radius 3 is 2.72 bits per heavy atom. The van der Waals surface area contributed by atoms with Gasteiger partial charge in [-0.05, 0) is 19.4 Å². The van der Waals surface area contributed by atoms with Crippen molar-refractivity contribution < 1.29 is 4.74 Å². The molecule has 0 atom stereocenters. The first-order valence-electron chi connectivity index (χ1n) is 6.82. The van der Waals surface area contributed by atoms with Gasteiger partial charge in [0.25, 0.3) is 0 Å². The fourth-order valence-corrected chi connectivity index (χ4v) is 1.78. The Morgan fingerprint density at radius 1 is 1.33 bits per heavy atom. The molecule has 4 heteroatoms. The minimum Gasteiger partial charge on any atom is -0.381 e. The third-order valence-electron chi connectivity index (χ3n) is 2.73. The Hall–Kier alpha value is -1.00. The molecule has 0 aliphatic heterocycles. The largest absolute Gasteiger partial charge is 0.381 e. The van der Waals surface area contributed by atoms with E-state index >= 15 is 0 Å². The number of hydrogen-bond donors (Lipinski definition) is 1. The third-order valence-corrected chi connectivity index (χ3v) is 2.73. The second kappa shape index (κ2) is 8.16. The van der Waals surface area contributed by atoms with Gasteiger partial charge in [-0.1, -0.05) is 20.8 Å². The topological polar surface area (TPSA) is 47.0 Å². The van der Waals surface area contributed by atoms with Gasteiger partial charge < -0.3 is 10.1 Å². The van der Waals surface area contributed by atoms with Crippen LogP contribution in [0.25, 0.3) is 0 Å². The normalized spacial score (nSPS) is 11.2. The van der Waals surface area contributed by atoms with Gasteiger partial charge in [-0.2, -0.15) is 0 Å². The van der Waals surface area contributed by atoms with Crippen molar-refractivity contribution >= 4 is 0 Å². The maximum atomic E-state index is 5.34. The summed E-state index contributed by atoms with van der Waals surface area (Å²) < 4.78 is 5.34. The van der Waals surface area contributed by atoms with Crippen LogP contribution >= 0.6 is 0 Å². The summed E-state index contributed by atoms with van der Waals surface area (Å²) in [4.78, 5) is 9.08. The molecule has 0 aliphatic rings. The second-order valence-electron chi connectivity index (χ2n) is 4.58. The number of rotatable bonds is 8. The zero-order valence-corrected chi connectivity index (χ0v) is 12.0. The fourth-order valence-electron chi connectivity index (χ4n) is 1.78. The predicted molar refractivity (Wildman–Crippen MR) is 73.7 cm³/mol. The van der Waals surface area contributed by atoms with E-state index in [2.05, 4.69) is 36.1 Å². The van der Waals surface area contributed by atoms with Crippen molar-refractivity contribution in [2.75, 3.05) is 19.8 Å². The highest BCUT2D eigenvalue weighted by molar-refractivity contribution is 5.20. The number of nitrogens with one attached hydrogen (secondary N) is 1. The molecule has 1 N–H and O–H groups in total. The monoisotopic (exact) mass is 251 g/mol. The summed E-state index contributed by atoms with van der Waals surface area (Å²) in [6.07, 6.45) is 2.74. The van der Waals surface area contributed by atoms with Gasteiger partial charge in [0.2, 0.25) is 0 Å². The standard InChI is InChI=1S/C14H25N3O/c1-5-15-9-12-10-16-13(7-8-18-6-2)17-14(12)11(3)4/h10-11,15H,5-9H2,1-4H3. The highest BCUT2D eigenvalue weighted by Gasteiger charge is 2.10. The molecule has 1 heterocycles. The van der Waals surface area contributed by atoms with Crippen molar-refractivity contribution in [1.29, 1.82) is 0 Å². The average Bonchev–Trinajstić information content (AvgIpc) is 2.37. The second-order valence-corrected chi connectivity index (χ2v) is 4.58. The van der Waals surface area contributed by atoms with Crippen LogP contribution in [0.15, 0.2) is 6.20 Å². The molecule has 1 aromatic rings. The third kappa shape index (κ3) is 4.70. The smallest absolute Gasteiger partial charge is 0.130 e. The van der Waals surface area contributed by atoms with Gasteiger partial charge in [0.05, 0.1) is 12.3 Å². The maximum Gasteiger partial charge on any atom is 0.130 e. The van der Waals surface area contributed by atoms with E-state index in [0.717, 1.165) is 37.6 Å². The first kappa shape index (κ1) is 15.1. The van der Waals surface area contributed by atoms with Crippen LogP contribution < -0.4 is 5.32 Å². The van der Waals surface area contributed by atoms with Gasteiger partial charge in [-0.3, -0.25) is 0 Å². The Balaban J connectivity index is 2.75. The summed E-state index contributed by atoms with van der Waals surface area (Å²) in [6.45, 7) is 11.7. The molecule has 0 spiro atoms. The first-order valence-corrected chi connectivity index (χ1v) is 6.82. The van der Waals surface area contributed by atoms with Gasteiger partial charge in [-0.25, -0.2) is 9.97 Å². The van der Waals surface area contributed by atoms with Gasteiger partial charge in [0, 0.05) is 31.3 Å². The summed E-state index contributed by atoms with van der Waals surface area (Å²) in [5.74, 6) is 1.31.